The largest absolute Gasteiger partial charge is 0.469 e. The van der Waals surface area contributed by atoms with E-state index in [1.807, 2.05) is 24.3 Å². The quantitative estimate of drug-likeness (QED) is 0.801. The van der Waals surface area contributed by atoms with E-state index < -0.39 is 0 Å². The maximum atomic E-state index is 12.1. The SMILES string of the molecule is COC(=O)C1CCN(C(=O)CCc2ccc(Cl)cc2)C1. The molecule has 1 atom stereocenters. The third-order valence-corrected chi connectivity index (χ3v) is 3.87. The Hall–Kier alpha value is -1.55. The fourth-order valence-corrected chi connectivity index (χ4v) is 2.53. The molecule has 0 aromatic heterocycles. The van der Waals surface area contributed by atoms with Crippen LogP contribution in [0.3, 0.4) is 0 Å². The Balaban J connectivity index is 1.81. The highest BCUT2D eigenvalue weighted by Gasteiger charge is 2.31. The number of carbonyl (C=O) groups is 2. The first-order valence-electron chi connectivity index (χ1n) is 6.70. The lowest BCUT2D eigenvalue weighted by molar-refractivity contribution is -0.145. The van der Waals surface area contributed by atoms with Crippen LogP contribution in [-0.2, 0) is 20.7 Å². The fraction of sp³-hybridized carbons (Fsp3) is 0.467. The van der Waals surface area contributed by atoms with Crippen molar-refractivity contribution < 1.29 is 14.3 Å². The van der Waals surface area contributed by atoms with E-state index in [0.717, 1.165) is 5.56 Å². The standard InChI is InChI=1S/C15H18ClNO3/c1-20-15(19)12-8-9-17(10-12)14(18)7-4-11-2-5-13(16)6-3-11/h2-3,5-6,12H,4,7-10H2,1H3. The summed E-state index contributed by atoms with van der Waals surface area (Å²) in [7, 11) is 1.38. The van der Waals surface area contributed by atoms with Crippen molar-refractivity contribution in [3.05, 3.63) is 34.9 Å². The van der Waals surface area contributed by atoms with Crippen LogP contribution in [0.15, 0.2) is 24.3 Å². The predicted octanol–water partition coefficient (Wildman–Crippen LogP) is 2.29. The molecular formula is C15H18ClNO3. The normalized spacial score (nSPS) is 18.1. The number of carbonyl (C=O) groups excluding carboxylic acids is 2. The van der Waals surface area contributed by atoms with Gasteiger partial charge in [-0.25, -0.2) is 0 Å². The first-order valence-corrected chi connectivity index (χ1v) is 7.08. The molecule has 4 nitrogen and oxygen atoms in total. The first-order chi connectivity index (χ1) is 9.60. The van der Waals surface area contributed by atoms with Crippen molar-refractivity contribution in [2.75, 3.05) is 20.2 Å². The second kappa shape index (κ2) is 6.75. The van der Waals surface area contributed by atoms with Crippen LogP contribution in [0.5, 0.6) is 0 Å². The van der Waals surface area contributed by atoms with Gasteiger partial charge in [0.1, 0.15) is 0 Å². The molecule has 0 spiro atoms. The zero-order valence-electron chi connectivity index (χ0n) is 11.5. The van der Waals surface area contributed by atoms with E-state index in [2.05, 4.69) is 0 Å². The van der Waals surface area contributed by atoms with Crippen LogP contribution in [-0.4, -0.2) is 37.0 Å². The monoisotopic (exact) mass is 295 g/mol. The molecule has 108 valence electrons. The molecule has 5 heteroatoms. The van der Waals surface area contributed by atoms with Crippen molar-refractivity contribution in [3.8, 4) is 0 Å². The number of ether oxygens (including phenoxy) is 1. The zero-order valence-corrected chi connectivity index (χ0v) is 12.2. The van der Waals surface area contributed by atoms with E-state index in [0.29, 0.717) is 37.4 Å². The number of aryl methyl sites for hydroxylation is 1. The summed E-state index contributed by atoms with van der Waals surface area (Å²) in [5.74, 6) is -0.302. The number of benzene rings is 1. The molecule has 0 N–H and O–H groups in total. The van der Waals surface area contributed by atoms with Crippen LogP contribution in [0.1, 0.15) is 18.4 Å². The number of likely N-dealkylation sites (tertiary alicyclic amines) is 1. The highest BCUT2D eigenvalue weighted by Crippen LogP contribution is 2.19. The molecule has 1 aliphatic heterocycles. The number of amides is 1. The summed E-state index contributed by atoms with van der Waals surface area (Å²) in [5, 5.41) is 0.695. The maximum absolute atomic E-state index is 12.1. The van der Waals surface area contributed by atoms with Crippen molar-refractivity contribution in [1.82, 2.24) is 4.90 Å². The summed E-state index contributed by atoms with van der Waals surface area (Å²) in [5.41, 5.74) is 1.09. The third-order valence-electron chi connectivity index (χ3n) is 3.62. The summed E-state index contributed by atoms with van der Waals surface area (Å²) < 4.78 is 4.71. The number of nitrogens with zero attached hydrogens (tertiary/aromatic N) is 1. The molecule has 0 saturated carbocycles. The lowest BCUT2D eigenvalue weighted by Gasteiger charge is -2.16. The lowest BCUT2D eigenvalue weighted by atomic mass is 10.1. The molecule has 1 amide bonds. The van der Waals surface area contributed by atoms with Gasteiger partial charge in [0.2, 0.25) is 5.91 Å². The van der Waals surface area contributed by atoms with E-state index in [1.54, 1.807) is 4.90 Å². The molecule has 1 aliphatic rings. The molecule has 1 saturated heterocycles. The first kappa shape index (κ1) is 14.9. The minimum absolute atomic E-state index is 0.0892. The van der Waals surface area contributed by atoms with Gasteiger partial charge in [-0.2, -0.15) is 0 Å². The Morgan fingerprint density at radius 1 is 1.35 bits per heavy atom. The summed E-state index contributed by atoms with van der Waals surface area (Å²) in [6.07, 6.45) is 1.84. The van der Waals surface area contributed by atoms with Crippen LogP contribution >= 0.6 is 11.6 Å². The molecule has 0 aliphatic carbocycles. The Bertz CT molecular complexity index is 486. The van der Waals surface area contributed by atoms with Crippen LogP contribution in [0.4, 0.5) is 0 Å². The second-order valence-electron chi connectivity index (χ2n) is 4.97. The van der Waals surface area contributed by atoms with Crippen LogP contribution < -0.4 is 0 Å². The minimum Gasteiger partial charge on any atom is -0.469 e. The third kappa shape index (κ3) is 3.73. The van der Waals surface area contributed by atoms with E-state index in [9.17, 15) is 9.59 Å². The fourth-order valence-electron chi connectivity index (χ4n) is 2.41. The second-order valence-corrected chi connectivity index (χ2v) is 5.41. The number of esters is 1. The molecule has 1 aromatic rings. The van der Waals surface area contributed by atoms with E-state index in [1.165, 1.54) is 7.11 Å². The predicted molar refractivity (Wildman–Crippen MR) is 76.5 cm³/mol. The van der Waals surface area contributed by atoms with Crippen molar-refractivity contribution in [2.24, 2.45) is 5.92 Å². The van der Waals surface area contributed by atoms with Gasteiger partial charge in [0.05, 0.1) is 13.0 Å². The topological polar surface area (TPSA) is 46.6 Å². The smallest absolute Gasteiger partial charge is 0.310 e. The van der Waals surface area contributed by atoms with Gasteiger partial charge in [0.25, 0.3) is 0 Å². The van der Waals surface area contributed by atoms with E-state index in [-0.39, 0.29) is 17.8 Å². The zero-order chi connectivity index (χ0) is 14.5. The molecule has 2 rings (SSSR count). The van der Waals surface area contributed by atoms with Gasteiger partial charge in [-0.15, -0.1) is 0 Å². The number of halogens is 1. The maximum Gasteiger partial charge on any atom is 0.310 e. The van der Waals surface area contributed by atoms with Crippen molar-refractivity contribution in [1.29, 1.82) is 0 Å². The van der Waals surface area contributed by atoms with Crippen molar-refractivity contribution in [2.45, 2.75) is 19.3 Å². The van der Waals surface area contributed by atoms with Crippen molar-refractivity contribution >= 4 is 23.5 Å². The lowest BCUT2D eigenvalue weighted by Crippen LogP contribution is -2.30. The van der Waals surface area contributed by atoms with Gasteiger partial charge in [-0.05, 0) is 30.5 Å². The highest BCUT2D eigenvalue weighted by molar-refractivity contribution is 6.30. The summed E-state index contributed by atoms with van der Waals surface area (Å²) in [6, 6.07) is 7.50. The van der Waals surface area contributed by atoms with Crippen LogP contribution in [0.2, 0.25) is 5.02 Å². The van der Waals surface area contributed by atoms with Gasteiger partial charge >= 0.3 is 5.97 Å². The molecule has 1 heterocycles. The van der Waals surface area contributed by atoms with Gasteiger partial charge in [0, 0.05) is 24.5 Å². The van der Waals surface area contributed by atoms with Gasteiger partial charge in [0.15, 0.2) is 0 Å². The highest BCUT2D eigenvalue weighted by atomic mass is 35.5. The van der Waals surface area contributed by atoms with E-state index >= 15 is 0 Å². The van der Waals surface area contributed by atoms with Crippen LogP contribution in [0, 0.1) is 5.92 Å². The number of methoxy groups -OCH3 is 1. The average molecular weight is 296 g/mol. The van der Waals surface area contributed by atoms with Crippen LogP contribution in [0.25, 0.3) is 0 Å². The molecule has 0 bridgehead atoms. The van der Waals surface area contributed by atoms with Gasteiger partial charge < -0.3 is 9.64 Å². The molecule has 20 heavy (non-hydrogen) atoms. The summed E-state index contributed by atoms with van der Waals surface area (Å²) in [4.78, 5) is 25.3. The molecule has 1 fully saturated rings. The molecule has 1 aromatic carbocycles. The van der Waals surface area contributed by atoms with Crippen molar-refractivity contribution in [3.63, 3.8) is 0 Å². The number of rotatable bonds is 4. The van der Waals surface area contributed by atoms with Gasteiger partial charge in [-0.1, -0.05) is 23.7 Å². The molecule has 0 radical (unpaired) electrons. The van der Waals surface area contributed by atoms with E-state index in [4.69, 9.17) is 16.3 Å². The number of hydrogen-bond donors (Lipinski definition) is 0. The Kier molecular flexibility index (Phi) is 5.01. The Morgan fingerprint density at radius 3 is 2.70 bits per heavy atom. The Labute approximate surface area is 123 Å². The summed E-state index contributed by atoms with van der Waals surface area (Å²) >= 11 is 5.82. The molecule has 1 unspecified atom stereocenters. The minimum atomic E-state index is -0.224. The summed E-state index contributed by atoms with van der Waals surface area (Å²) in [6.45, 7) is 1.12. The Morgan fingerprint density at radius 2 is 2.05 bits per heavy atom. The number of hydrogen-bond acceptors (Lipinski definition) is 3. The van der Waals surface area contributed by atoms with Gasteiger partial charge in [-0.3, -0.25) is 9.59 Å². The average Bonchev–Trinajstić information content (AvgIpc) is 2.95. The molecular weight excluding hydrogens is 278 g/mol.